The Labute approximate surface area is 110 Å². The summed E-state index contributed by atoms with van der Waals surface area (Å²) in [6.45, 7) is 1.80. The minimum atomic E-state index is 0.151. The standard InChI is InChI=1S/C14H24N2O2/c1-17-13-9-16(10-14(13)18-2)12-7-5-3-4-6-11(12)8-15/h11-14H,3-7,9-10H2,1-2H3. The molecule has 0 radical (unpaired) electrons. The zero-order chi connectivity index (χ0) is 13.0. The van der Waals surface area contributed by atoms with Crippen LogP contribution in [0.25, 0.3) is 0 Å². The third-order valence-corrected chi connectivity index (χ3v) is 4.46. The van der Waals surface area contributed by atoms with Gasteiger partial charge in [0.25, 0.3) is 0 Å². The second-order valence-corrected chi connectivity index (χ2v) is 5.44. The van der Waals surface area contributed by atoms with E-state index in [1.807, 2.05) is 0 Å². The van der Waals surface area contributed by atoms with Crippen LogP contribution in [0.3, 0.4) is 0 Å². The average Bonchev–Trinajstić information content (AvgIpc) is 2.67. The summed E-state index contributed by atoms with van der Waals surface area (Å²) in [7, 11) is 3.49. The molecule has 1 saturated carbocycles. The highest BCUT2D eigenvalue weighted by Gasteiger charge is 2.39. The Kier molecular flexibility index (Phi) is 4.99. The first-order valence-electron chi connectivity index (χ1n) is 6.99. The zero-order valence-corrected chi connectivity index (χ0v) is 11.5. The molecular formula is C14H24N2O2. The van der Waals surface area contributed by atoms with Crippen molar-refractivity contribution >= 4 is 0 Å². The maximum Gasteiger partial charge on any atom is 0.0971 e. The van der Waals surface area contributed by atoms with E-state index in [2.05, 4.69) is 11.0 Å². The molecule has 0 bridgehead atoms. The fourth-order valence-electron chi connectivity index (χ4n) is 3.37. The minimum absolute atomic E-state index is 0.151. The van der Waals surface area contributed by atoms with Crippen molar-refractivity contribution in [2.75, 3.05) is 27.3 Å². The van der Waals surface area contributed by atoms with Crippen molar-refractivity contribution < 1.29 is 9.47 Å². The van der Waals surface area contributed by atoms with E-state index in [9.17, 15) is 5.26 Å². The number of hydrogen-bond donors (Lipinski definition) is 0. The number of ether oxygens (including phenoxy) is 2. The van der Waals surface area contributed by atoms with Crippen LogP contribution in [0.5, 0.6) is 0 Å². The van der Waals surface area contributed by atoms with Gasteiger partial charge in [0.1, 0.15) is 0 Å². The second-order valence-electron chi connectivity index (χ2n) is 5.44. The molecule has 0 amide bonds. The molecule has 0 aromatic rings. The van der Waals surface area contributed by atoms with Crippen LogP contribution in [0, 0.1) is 17.2 Å². The van der Waals surface area contributed by atoms with Gasteiger partial charge in [0.05, 0.1) is 24.2 Å². The lowest BCUT2D eigenvalue weighted by atomic mass is 9.95. The Hall–Kier alpha value is -0.630. The Morgan fingerprint density at radius 1 is 1.00 bits per heavy atom. The molecule has 4 nitrogen and oxygen atoms in total. The molecule has 2 fully saturated rings. The summed E-state index contributed by atoms with van der Waals surface area (Å²) in [6, 6.07) is 2.91. The van der Waals surface area contributed by atoms with E-state index in [-0.39, 0.29) is 18.1 Å². The van der Waals surface area contributed by atoms with Crippen molar-refractivity contribution in [3.8, 4) is 6.07 Å². The van der Waals surface area contributed by atoms with E-state index < -0.39 is 0 Å². The van der Waals surface area contributed by atoms with Crippen molar-refractivity contribution in [1.82, 2.24) is 4.90 Å². The molecule has 4 atom stereocenters. The number of rotatable bonds is 3. The van der Waals surface area contributed by atoms with Crippen LogP contribution in [0.2, 0.25) is 0 Å². The lowest BCUT2D eigenvalue weighted by molar-refractivity contribution is -0.00461. The van der Waals surface area contributed by atoms with Gasteiger partial charge in [0.15, 0.2) is 0 Å². The van der Waals surface area contributed by atoms with Gasteiger partial charge in [-0.15, -0.1) is 0 Å². The average molecular weight is 252 g/mol. The van der Waals surface area contributed by atoms with Crippen LogP contribution in [0.1, 0.15) is 32.1 Å². The second kappa shape index (κ2) is 6.51. The molecule has 2 rings (SSSR count). The lowest BCUT2D eigenvalue weighted by Crippen LogP contribution is -2.39. The highest BCUT2D eigenvalue weighted by Crippen LogP contribution is 2.30. The first-order valence-corrected chi connectivity index (χ1v) is 6.99. The van der Waals surface area contributed by atoms with E-state index >= 15 is 0 Å². The molecule has 4 heteroatoms. The smallest absolute Gasteiger partial charge is 0.0971 e. The van der Waals surface area contributed by atoms with Crippen LogP contribution in [-0.2, 0) is 9.47 Å². The first-order chi connectivity index (χ1) is 8.80. The SMILES string of the molecule is COC1CN(C2CCCCCC2C#N)CC1OC. The summed E-state index contributed by atoms with van der Waals surface area (Å²) in [5.41, 5.74) is 0. The molecule has 2 aliphatic rings. The molecule has 0 aromatic carbocycles. The molecule has 1 saturated heterocycles. The van der Waals surface area contributed by atoms with Gasteiger partial charge < -0.3 is 9.47 Å². The van der Waals surface area contributed by atoms with Crippen molar-refractivity contribution in [1.29, 1.82) is 5.26 Å². The molecule has 0 aromatic heterocycles. The van der Waals surface area contributed by atoms with E-state index in [1.54, 1.807) is 14.2 Å². The summed E-state index contributed by atoms with van der Waals surface area (Å²) in [6.07, 6.45) is 6.20. The summed E-state index contributed by atoms with van der Waals surface area (Å²) >= 11 is 0. The largest absolute Gasteiger partial charge is 0.377 e. The summed E-state index contributed by atoms with van der Waals surface area (Å²) in [5.74, 6) is 0.181. The topological polar surface area (TPSA) is 45.5 Å². The van der Waals surface area contributed by atoms with Crippen LogP contribution in [-0.4, -0.2) is 50.5 Å². The predicted octanol–water partition coefficient (Wildman–Crippen LogP) is 1.80. The van der Waals surface area contributed by atoms with Crippen LogP contribution >= 0.6 is 0 Å². The van der Waals surface area contributed by atoms with Crippen LogP contribution < -0.4 is 0 Å². The number of methoxy groups -OCH3 is 2. The Bertz CT molecular complexity index is 291. The van der Waals surface area contributed by atoms with Gasteiger partial charge >= 0.3 is 0 Å². The van der Waals surface area contributed by atoms with E-state index in [0.29, 0.717) is 6.04 Å². The first kappa shape index (κ1) is 13.8. The van der Waals surface area contributed by atoms with Gasteiger partial charge in [-0.2, -0.15) is 5.26 Å². The highest BCUT2D eigenvalue weighted by atomic mass is 16.5. The summed E-state index contributed by atoms with van der Waals surface area (Å²) in [5, 5.41) is 9.35. The van der Waals surface area contributed by atoms with Gasteiger partial charge in [0.2, 0.25) is 0 Å². The highest BCUT2D eigenvalue weighted by molar-refractivity contribution is 4.98. The molecule has 1 aliphatic carbocycles. The molecule has 18 heavy (non-hydrogen) atoms. The van der Waals surface area contributed by atoms with Crippen LogP contribution in [0.15, 0.2) is 0 Å². The van der Waals surface area contributed by atoms with Gasteiger partial charge in [0, 0.05) is 33.4 Å². The molecule has 0 N–H and O–H groups in total. The molecule has 1 aliphatic heterocycles. The van der Waals surface area contributed by atoms with Crippen molar-refractivity contribution in [2.45, 2.75) is 50.4 Å². The van der Waals surface area contributed by atoms with Gasteiger partial charge in [-0.25, -0.2) is 0 Å². The fraction of sp³-hybridized carbons (Fsp3) is 0.929. The Balaban J connectivity index is 2.03. The Morgan fingerprint density at radius 2 is 1.61 bits per heavy atom. The maximum atomic E-state index is 9.35. The van der Waals surface area contributed by atoms with Crippen molar-refractivity contribution in [3.05, 3.63) is 0 Å². The van der Waals surface area contributed by atoms with Gasteiger partial charge in [-0.05, 0) is 12.8 Å². The summed E-state index contributed by atoms with van der Waals surface area (Å²) < 4.78 is 11.0. The molecule has 102 valence electrons. The van der Waals surface area contributed by atoms with Crippen molar-refractivity contribution in [2.24, 2.45) is 5.92 Å². The molecule has 4 unspecified atom stereocenters. The number of likely N-dealkylation sites (tertiary alicyclic amines) is 1. The minimum Gasteiger partial charge on any atom is -0.377 e. The quantitative estimate of drug-likeness (QED) is 0.719. The molecule has 1 heterocycles. The molecule has 0 spiro atoms. The fourth-order valence-corrected chi connectivity index (χ4v) is 3.37. The van der Waals surface area contributed by atoms with E-state index in [1.165, 1.54) is 19.3 Å². The van der Waals surface area contributed by atoms with Crippen LogP contribution in [0.4, 0.5) is 0 Å². The third kappa shape index (κ3) is 2.85. The normalized spacial score (nSPS) is 38.3. The summed E-state index contributed by atoms with van der Waals surface area (Å²) in [4.78, 5) is 2.42. The lowest BCUT2D eigenvalue weighted by Gasteiger charge is -2.29. The van der Waals surface area contributed by atoms with Gasteiger partial charge in [-0.3, -0.25) is 4.90 Å². The number of hydrogen-bond acceptors (Lipinski definition) is 4. The van der Waals surface area contributed by atoms with E-state index in [4.69, 9.17) is 9.47 Å². The van der Waals surface area contributed by atoms with Gasteiger partial charge in [-0.1, -0.05) is 19.3 Å². The maximum absolute atomic E-state index is 9.35. The number of nitrogens with zero attached hydrogens (tertiary/aromatic N) is 2. The molecular weight excluding hydrogens is 228 g/mol. The monoisotopic (exact) mass is 252 g/mol. The predicted molar refractivity (Wildman–Crippen MR) is 69.1 cm³/mol. The van der Waals surface area contributed by atoms with E-state index in [0.717, 1.165) is 25.9 Å². The third-order valence-electron chi connectivity index (χ3n) is 4.46. The van der Waals surface area contributed by atoms with Crippen molar-refractivity contribution in [3.63, 3.8) is 0 Å². The number of nitriles is 1. The Morgan fingerprint density at radius 3 is 2.17 bits per heavy atom. The zero-order valence-electron chi connectivity index (χ0n) is 11.5.